The first-order valence-corrected chi connectivity index (χ1v) is 6.87. The zero-order chi connectivity index (χ0) is 15.8. The van der Waals surface area contributed by atoms with Crippen molar-refractivity contribution >= 4 is 23.8 Å². The van der Waals surface area contributed by atoms with Crippen molar-refractivity contribution in [3.63, 3.8) is 0 Å². The van der Waals surface area contributed by atoms with Crippen molar-refractivity contribution < 1.29 is 24.3 Å². The van der Waals surface area contributed by atoms with Gasteiger partial charge in [-0.2, -0.15) is 0 Å². The molecule has 0 unspecified atom stereocenters. The summed E-state index contributed by atoms with van der Waals surface area (Å²) in [6.07, 6.45) is 1.12. The SMILES string of the molecule is CC1(C)C(=O)NC(=O)CN1C(=O)N1CCC[C@@H](C(=O)O)C1. The van der Waals surface area contributed by atoms with E-state index in [4.69, 9.17) is 5.11 Å². The van der Waals surface area contributed by atoms with Gasteiger partial charge >= 0.3 is 12.0 Å². The van der Waals surface area contributed by atoms with E-state index in [0.29, 0.717) is 19.4 Å². The van der Waals surface area contributed by atoms with E-state index in [1.807, 2.05) is 0 Å². The van der Waals surface area contributed by atoms with E-state index in [9.17, 15) is 19.2 Å². The second-order valence-corrected chi connectivity index (χ2v) is 5.93. The lowest BCUT2D eigenvalue weighted by Crippen LogP contribution is -2.67. The van der Waals surface area contributed by atoms with Gasteiger partial charge in [0.2, 0.25) is 5.91 Å². The summed E-state index contributed by atoms with van der Waals surface area (Å²) in [4.78, 5) is 49.6. The highest BCUT2D eigenvalue weighted by Gasteiger charge is 2.45. The summed E-state index contributed by atoms with van der Waals surface area (Å²) < 4.78 is 0. The van der Waals surface area contributed by atoms with Crippen molar-refractivity contribution in [2.45, 2.75) is 32.2 Å². The Bertz CT molecular complexity index is 502. The molecule has 0 spiro atoms. The zero-order valence-corrected chi connectivity index (χ0v) is 12.1. The Balaban J connectivity index is 2.16. The molecule has 2 saturated heterocycles. The Morgan fingerprint density at radius 1 is 1.33 bits per heavy atom. The number of aliphatic carboxylic acids is 1. The van der Waals surface area contributed by atoms with Crippen molar-refractivity contribution in [1.82, 2.24) is 15.1 Å². The lowest BCUT2D eigenvalue weighted by molar-refractivity contribution is -0.145. The molecular weight excluding hydrogens is 278 g/mol. The van der Waals surface area contributed by atoms with Gasteiger partial charge in [-0.25, -0.2) is 4.79 Å². The smallest absolute Gasteiger partial charge is 0.321 e. The Morgan fingerprint density at radius 2 is 2.00 bits per heavy atom. The van der Waals surface area contributed by atoms with Gasteiger partial charge in [-0.05, 0) is 26.7 Å². The van der Waals surface area contributed by atoms with Crippen LogP contribution >= 0.6 is 0 Å². The van der Waals surface area contributed by atoms with Crippen molar-refractivity contribution in [3.05, 3.63) is 0 Å². The molecule has 1 atom stereocenters. The molecule has 0 bridgehead atoms. The van der Waals surface area contributed by atoms with Crippen molar-refractivity contribution in [2.75, 3.05) is 19.6 Å². The Kier molecular flexibility index (Phi) is 3.89. The van der Waals surface area contributed by atoms with Crippen molar-refractivity contribution in [1.29, 1.82) is 0 Å². The highest BCUT2D eigenvalue weighted by atomic mass is 16.4. The molecule has 2 aliphatic heterocycles. The third-order valence-corrected chi connectivity index (χ3v) is 4.06. The van der Waals surface area contributed by atoms with E-state index >= 15 is 0 Å². The summed E-state index contributed by atoms with van der Waals surface area (Å²) in [5, 5.41) is 11.3. The fourth-order valence-electron chi connectivity index (χ4n) is 2.61. The Morgan fingerprint density at radius 3 is 2.62 bits per heavy atom. The number of nitrogens with one attached hydrogen (secondary N) is 1. The highest BCUT2D eigenvalue weighted by Crippen LogP contribution is 2.23. The fourth-order valence-corrected chi connectivity index (χ4v) is 2.61. The number of imide groups is 1. The number of likely N-dealkylation sites (tertiary alicyclic amines) is 1. The molecule has 0 saturated carbocycles. The standard InChI is InChI=1S/C13H19N3O5/c1-13(2)11(20)14-9(17)7-16(13)12(21)15-5-3-4-8(6-15)10(18)19/h8H,3-7H2,1-2H3,(H,18,19)(H,14,17,20)/t8-/m1/s1. The molecule has 21 heavy (non-hydrogen) atoms. The molecule has 2 heterocycles. The minimum Gasteiger partial charge on any atom is -0.481 e. The van der Waals surface area contributed by atoms with Gasteiger partial charge < -0.3 is 14.9 Å². The van der Waals surface area contributed by atoms with Crippen LogP contribution in [0.4, 0.5) is 4.79 Å². The molecule has 2 aliphatic rings. The number of hydrogen-bond acceptors (Lipinski definition) is 4. The van der Waals surface area contributed by atoms with Crippen LogP contribution in [0.1, 0.15) is 26.7 Å². The van der Waals surface area contributed by atoms with Crippen LogP contribution in [0.3, 0.4) is 0 Å². The number of nitrogens with zero attached hydrogens (tertiary/aromatic N) is 2. The summed E-state index contributed by atoms with van der Waals surface area (Å²) >= 11 is 0. The lowest BCUT2D eigenvalue weighted by Gasteiger charge is -2.43. The summed E-state index contributed by atoms with van der Waals surface area (Å²) in [5.74, 6) is -2.59. The number of urea groups is 1. The fraction of sp³-hybridized carbons (Fsp3) is 0.692. The molecule has 2 rings (SSSR count). The molecule has 0 aromatic rings. The van der Waals surface area contributed by atoms with Gasteiger partial charge in [0.25, 0.3) is 5.91 Å². The van der Waals surface area contributed by atoms with Crippen molar-refractivity contribution in [3.8, 4) is 0 Å². The van der Waals surface area contributed by atoms with Gasteiger partial charge in [-0.15, -0.1) is 0 Å². The van der Waals surface area contributed by atoms with Gasteiger partial charge in [0.1, 0.15) is 12.1 Å². The first-order chi connectivity index (χ1) is 9.73. The van der Waals surface area contributed by atoms with Crippen LogP contribution in [-0.4, -0.2) is 63.9 Å². The summed E-state index contributed by atoms with van der Waals surface area (Å²) in [6.45, 7) is 3.46. The van der Waals surface area contributed by atoms with E-state index in [1.54, 1.807) is 13.8 Å². The molecule has 0 aliphatic carbocycles. The van der Waals surface area contributed by atoms with E-state index < -0.39 is 35.3 Å². The molecular formula is C13H19N3O5. The average molecular weight is 297 g/mol. The number of piperidine rings is 1. The van der Waals surface area contributed by atoms with E-state index in [-0.39, 0.29) is 13.1 Å². The highest BCUT2D eigenvalue weighted by molar-refractivity contribution is 6.06. The lowest BCUT2D eigenvalue weighted by atomic mass is 9.97. The van der Waals surface area contributed by atoms with Gasteiger partial charge in [-0.3, -0.25) is 19.7 Å². The number of carboxylic acid groups (broad SMARTS) is 1. The summed E-state index contributed by atoms with van der Waals surface area (Å²) in [6, 6.07) is -0.464. The second kappa shape index (κ2) is 5.34. The third kappa shape index (κ3) is 2.84. The average Bonchev–Trinajstić information content (AvgIpc) is 2.42. The molecule has 116 valence electrons. The summed E-state index contributed by atoms with van der Waals surface area (Å²) in [5.41, 5.74) is -1.14. The van der Waals surface area contributed by atoms with Gasteiger partial charge in [0.15, 0.2) is 0 Å². The van der Waals surface area contributed by atoms with Crippen LogP contribution in [0, 0.1) is 5.92 Å². The first-order valence-electron chi connectivity index (χ1n) is 6.87. The van der Waals surface area contributed by atoms with Crippen LogP contribution in [0.15, 0.2) is 0 Å². The normalized spacial score (nSPS) is 25.5. The number of piperazine rings is 1. The number of carboxylic acids is 1. The number of hydrogen-bond donors (Lipinski definition) is 2. The van der Waals surface area contributed by atoms with E-state index in [0.717, 1.165) is 0 Å². The minimum absolute atomic E-state index is 0.108. The predicted molar refractivity (Wildman–Crippen MR) is 71.3 cm³/mol. The number of amides is 4. The van der Waals surface area contributed by atoms with Gasteiger partial charge in [-0.1, -0.05) is 0 Å². The molecule has 4 amide bonds. The molecule has 8 nitrogen and oxygen atoms in total. The maximum absolute atomic E-state index is 12.6. The zero-order valence-electron chi connectivity index (χ0n) is 12.1. The maximum atomic E-state index is 12.6. The monoisotopic (exact) mass is 297 g/mol. The minimum atomic E-state index is -1.14. The summed E-state index contributed by atoms with van der Waals surface area (Å²) in [7, 11) is 0. The van der Waals surface area contributed by atoms with Gasteiger partial charge in [0, 0.05) is 13.1 Å². The molecule has 0 aromatic heterocycles. The molecule has 0 aromatic carbocycles. The molecule has 2 N–H and O–H groups in total. The van der Waals surface area contributed by atoms with Crippen molar-refractivity contribution in [2.24, 2.45) is 5.92 Å². The van der Waals surface area contributed by atoms with E-state index in [2.05, 4.69) is 5.32 Å². The largest absolute Gasteiger partial charge is 0.481 e. The van der Waals surface area contributed by atoms with E-state index in [1.165, 1.54) is 9.80 Å². The predicted octanol–water partition coefficient (Wildman–Crippen LogP) is -0.360. The van der Waals surface area contributed by atoms with Crippen LogP contribution in [0.5, 0.6) is 0 Å². The Labute approximate surface area is 122 Å². The third-order valence-electron chi connectivity index (χ3n) is 4.06. The van der Waals surface area contributed by atoms with Crippen LogP contribution < -0.4 is 5.32 Å². The first kappa shape index (κ1) is 15.3. The number of carbonyl (C=O) groups is 4. The van der Waals surface area contributed by atoms with Crippen LogP contribution in [0.25, 0.3) is 0 Å². The molecule has 2 fully saturated rings. The quantitative estimate of drug-likeness (QED) is 0.643. The molecule has 8 heteroatoms. The van der Waals surface area contributed by atoms with Crippen LogP contribution in [0.2, 0.25) is 0 Å². The van der Waals surface area contributed by atoms with Gasteiger partial charge in [0.05, 0.1) is 5.92 Å². The maximum Gasteiger partial charge on any atom is 0.321 e. The second-order valence-electron chi connectivity index (χ2n) is 5.93. The number of rotatable bonds is 1. The number of carbonyl (C=O) groups excluding carboxylic acids is 3. The van der Waals surface area contributed by atoms with Crippen LogP contribution in [-0.2, 0) is 14.4 Å². The topological polar surface area (TPSA) is 107 Å². The molecule has 0 radical (unpaired) electrons. The Hall–Kier alpha value is -2.12.